The fraction of sp³-hybridized carbons (Fsp3) is 0.423. The molecule has 2 amide bonds. The van der Waals surface area contributed by atoms with Gasteiger partial charge in [-0.25, -0.2) is 0 Å². The third-order valence-electron chi connectivity index (χ3n) is 6.68. The number of nitrogens with one attached hydrogen (secondary N) is 1. The molecule has 2 aromatic carbocycles. The quantitative estimate of drug-likeness (QED) is 0.272. The number of carbonyl (C=O) groups is 3. The molecule has 0 radical (unpaired) electrons. The number of ether oxygens (including phenoxy) is 2. The summed E-state index contributed by atoms with van der Waals surface area (Å²) < 4.78 is 11.2. The third kappa shape index (κ3) is 5.47. The minimum Gasteiger partial charge on any atom is -0.504 e. The van der Waals surface area contributed by atoms with Gasteiger partial charge in [0.1, 0.15) is 18.9 Å². The van der Waals surface area contributed by atoms with Crippen molar-refractivity contribution in [3.05, 3.63) is 46.5 Å². The Morgan fingerprint density at radius 3 is 2.43 bits per heavy atom. The van der Waals surface area contributed by atoms with Gasteiger partial charge in [0, 0.05) is 38.7 Å². The number of hydrogen-bond acceptors (Lipinski definition) is 9. The second-order valence-corrected chi connectivity index (χ2v) is 9.03. The summed E-state index contributed by atoms with van der Waals surface area (Å²) in [5.41, 5.74) is 1.84. The van der Waals surface area contributed by atoms with Crippen molar-refractivity contribution in [1.82, 2.24) is 15.1 Å². The predicted molar refractivity (Wildman–Crippen MR) is 131 cm³/mol. The Hall–Kier alpha value is -3.83. The molecule has 0 saturated carbocycles. The van der Waals surface area contributed by atoms with E-state index in [1.54, 1.807) is 0 Å². The van der Waals surface area contributed by atoms with Crippen LogP contribution in [0.4, 0.5) is 0 Å². The molecule has 1 saturated heterocycles. The number of morpholine rings is 1. The first-order chi connectivity index (χ1) is 17.8. The minimum absolute atomic E-state index is 0.0280. The first-order valence-corrected chi connectivity index (χ1v) is 12.1. The normalized spacial score (nSPS) is 16.4. The molecular weight excluding hydrogens is 482 g/mol. The third-order valence-corrected chi connectivity index (χ3v) is 6.68. The highest BCUT2D eigenvalue weighted by molar-refractivity contribution is 6.05. The lowest BCUT2D eigenvalue weighted by atomic mass is 10.1. The van der Waals surface area contributed by atoms with Gasteiger partial charge in [-0.05, 0) is 17.5 Å². The Morgan fingerprint density at radius 1 is 1.11 bits per heavy atom. The molecule has 37 heavy (non-hydrogen) atoms. The van der Waals surface area contributed by atoms with E-state index in [0.717, 1.165) is 44.0 Å². The highest BCUT2D eigenvalue weighted by atomic mass is 16.5. The molecule has 2 aliphatic rings. The molecule has 11 heteroatoms. The summed E-state index contributed by atoms with van der Waals surface area (Å²) in [5.74, 6) is -3.70. The Morgan fingerprint density at radius 2 is 1.78 bits per heavy atom. The lowest BCUT2D eigenvalue weighted by Gasteiger charge is -2.26. The molecule has 11 nitrogen and oxygen atoms in total. The summed E-state index contributed by atoms with van der Waals surface area (Å²) >= 11 is 0. The van der Waals surface area contributed by atoms with E-state index in [4.69, 9.17) is 9.47 Å². The fourth-order valence-electron chi connectivity index (χ4n) is 4.65. The van der Waals surface area contributed by atoms with Crippen LogP contribution in [0.1, 0.15) is 39.9 Å². The van der Waals surface area contributed by atoms with Gasteiger partial charge in [0.2, 0.25) is 17.4 Å². The molecule has 2 aromatic rings. The van der Waals surface area contributed by atoms with Crippen LogP contribution in [-0.4, -0.2) is 82.6 Å². The van der Waals surface area contributed by atoms with Crippen LogP contribution < -0.4 is 10.1 Å². The van der Waals surface area contributed by atoms with Crippen molar-refractivity contribution in [3.8, 4) is 23.0 Å². The summed E-state index contributed by atoms with van der Waals surface area (Å²) in [5, 5.41) is 33.7. The number of aromatic hydroxyl groups is 3. The van der Waals surface area contributed by atoms with E-state index in [-0.39, 0.29) is 42.9 Å². The molecule has 2 aliphatic heterocycles. The van der Waals surface area contributed by atoms with E-state index in [0.29, 0.717) is 6.29 Å². The average Bonchev–Trinajstić information content (AvgIpc) is 3.25. The van der Waals surface area contributed by atoms with Crippen LogP contribution in [0.25, 0.3) is 0 Å². The second kappa shape index (κ2) is 11.5. The topological polar surface area (TPSA) is 149 Å². The number of benzene rings is 2. The van der Waals surface area contributed by atoms with E-state index >= 15 is 0 Å². The van der Waals surface area contributed by atoms with Crippen molar-refractivity contribution in [2.45, 2.75) is 38.6 Å². The second-order valence-electron chi connectivity index (χ2n) is 9.03. The highest BCUT2D eigenvalue weighted by Gasteiger charge is 2.42. The summed E-state index contributed by atoms with van der Waals surface area (Å²) in [6.07, 6.45) is 0.778. The number of nitrogens with zero attached hydrogens (tertiary/aromatic N) is 2. The zero-order chi connectivity index (χ0) is 26.5. The minimum atomic E-state index is -0.981. The van der Waals surface area contributed by atoms with Crippen molar-refractivity contribution < 1.29 is 39.2 Å². The maximum atomic E-state index is 13.2. The molecule has 0 aromatic heterocycles. The molecule has 0 aliphatic carbocycles. The van der Waals surface area contributed by atoms with Gasteiger partial charge in [0.05, 0.1) is 25.3 Å². The van der Waals surface area contributed by atoms with E-state index in [1.807, 2.05) is 24.3 Å². The number of aldehydes is 1. The molecule has 0 bridgehead atoms. The van der Waals surface area contributed by atoms with Gasteiger partial charge in [0.15, 0.2) is 11.5 Å². The van der Waals surface area contributed by atoms with Gasteiger partial charge in [-0.1, -0.05) is 24.3 Å². The SMILES string of the molecule is CNC(=O)C(CCC=O)N1Cc2c(OCc3ccc(CN4CCOCC4)cc3)c(O)c(O)c(O)c2C1=O. The molecule has 1 unspecified atom stereocenters. The molecule has 1 atom stereocenters. The molecule has 4 N–H and O–H groups in total. The molecular formula is C26H31N3O8. The summed E-state index contributed by atoms with van der Waals surface area (Å²) in [6, 6.07) is 6.78. The van der Waals surface area contributed by atoms with Crippen LogP contribution in [0.15, 0.2) is 24.3 Å². The number of fused-ring (bicyclic) bond motifs is 1. The predicted octanol–water partition coefficient (Wildman–Crippen LogP) is 1.26. The summed E-state index contributed by atoms with van der Waals surface area (Å²) in [7, 11) is 1.42. The summed E-state index contributed by atoms with van der Waals surface area (Å²) in [4.78, 5) is 40.0. The zero-order valence-electron chi connectivity index (χ0n) is 20.6. The molecule has 198 valence electrons. The van der Waals surface area contributed by atoms with Crippen LogP contribution in [0, 0.1) is 0 Å². The zero-order valence-corrected chi connectivity index (χ0v) is 20.6. The van der Waals surface area contributed by atoms with Crippen molar-refractivity contribution >= 4 is 18.1 Å². The van der Waals surface area contributed by atoms with Gasteiger partial charge in [0.25, 0.3) is 5.91 Å². The number of likely N-dealkylation sites (N-methyl/N-ethyl adjacent to an activating group) is 1. The van der Waals surface area contributed by atoms with Crippen molar-refractivity contribution in [2.75, 3.05) is 33.4 Å². The summed E-state index contributed by atoms with van der Waals surface area (Å²) in [6.45, 7) is 3.89. The van der Waals surface area contributed by atoms with Crippen molar-refractivity contribution in [2.24, 2.45) is 0 Å². The number of amides is 2. The lowest BCUT2D eigenvalue weighted by molar-refractivity contribution is -0.125. The lowest BCUT2D eigenvalue weighted by Crippen LogP contribution is -2.46. The number of rotatable bonds is 10. The van der Waals surface area contributed by atoms with Gasteiger partial charge in [-0.15, -0.1) is 0 Å². The Kier molecular flexibility index (Phi) is 8.14. The Labute approximate surface area is 214 Å². The number of phenolic OH excluding ortho intramolecular Hbond substituents is 3. The van der Waals surface area contributed by atoms with E-state index in [9.17, 15) is 29.7 Å². The number of phenols is 3. The highest BCUT2D eigenvalue weighted by Crippen LogP contribution is 2.51. The van der Waals surface area contributed by atoms with Crippen LogP contribution >= 0.6 is 0 Å². The van der Waals surface area contributed by atoms with Gasteiger partial charge >= 0.3 is 0 Å². The fourth-order valence-corrected chi connectivity index (χ4v) is 4.65. The van der Waals surface area contributed by atoms with Crippen LogP contribution in [0.3, 0.4) is 0 Å². The van der Waals surface area contributed by atoms with Gasteiger partial charge in [-0.3, -0.25) is 14.5 Å². The molecule has 4 rings (SSSR count). The number of hydrogen-bond donors (Lipinski definition) is 4. The molecule has 1 fully saturated rings. The van der Waals surface area contributed by atoms with Crippen LogP contribution in [0.5, 0.6) is 23.0 Å². The van der Waals surface area contributed by atoms with E-state index in [1.165, 1.54) is 11.9 Å². The Bertz CT molecular complexity index is 1160. The van der Waals surface area contributed by atoms with Crippen LogP contribution in [0.2, 0.25) is 0 Å². The first kappa shape index (κ1) is 26.2. The average molecular weight is 514 g/mol. The molecule has 2 heterocycles. The van der Waals surface area contributed by atoms with Gasteiger partial charge in [-0.2, -0.15) is 0 Å². The smallest absolute Gasteiger partial charge is 0.259 e. The van der Waals surface area contributed by atoms with E-state index < -0.39 is 35.1 Å². The standard InChI is InChI=1S/C26H31N3O8/c1-27-25(34)19(3-2-10-30)29-14-18-20(26(29)35)21(31)22(32)23(33)24(18)37-15-17-6-4-16(5-7-17)13-28-8-11-36-12-9-28/h4-7,10,19,31-33H,2-3,8-9,11-15H2,1H3,(H,27,34). The van der Waals surface area contributed by atoms with Crippen molar-refractivity contribution in [1.29, 1.82) is 0 Å². The van der Waals surface area contributed by atoms with Crippen molar-refractivity contribution in [3.63, 3.8) is 0 Å². The van der Waals surface area contributed by atoms with Gasteiger partial charge < -0.3 is 39.8 Å². The monoisotopic (exact) mass is 513 g/mol. The van der Waals surface area contributed by atoms with E-state index in [2.05, 4.69) is 10.2 Å². The Balaban J connectivity index is 1.54. The van der Waals surface area contributed by atoms with Crippen LogP contribution in [-0.2, 0) is 34.0 Å². The maximum Gasteiger partial charge on any atom is 0.259 e. The first-order valence-electron chi connectivity index (χ1n) is 12.1. The molecule has 0 spiro atoms. The maximum absolute atomic E-state index is 13.2. The largest absolute Gasteiger partial charge is 0.504 e. The number of carbonyl (C=O) groups excluding carboxylic acids is 3.